The number of rotatable bonds is 1. The molecule has 2 aliphatic rings. The summed E-state index contributed by atoms with van der Waals surface area (Å²) in [6, 6.07) is 9.83. The van der Waals surface area contributed by atoms with Crippen molar-refractivity contribution in [1.29, 1.82) is 5.26 Å². The van der Waals surface area contributed by atoms with Gasteiger partial charge in [0.2, 0.25) is 0 Å². The van der Waals surface area contributed by atoms with E-state index in [-0.39, 0.29) is 0 Å². The number of anilines is 1. The van der Waals surface area contributed by atoms with E-state index in [2.05, 4.69) is 24.0 Å². The molecule has 2 aliphatic heterocycles. The molecule has 2 heteroatoms. The van der Waals surface area contributed by atoms with E-state index in [1.165, 1.54) is 43.4 Å². The number of piperidine rings is 1. The van der Waals surface area contributed by atoms with Crippen molar-refractivity contribution >= 4 is 5.69 Å². The number of aryl methyl sites for hydroxylation is 1. The smallest absolute Gasteiger partial charge is 0.0991 e. The summed E-state index contributed by atoms with van der Waals surface area (Å²) in [6.45, 7) is 2.13. The van der Waals surface area contributed by atoms with Crippen molar-refractivity contribution in [3.05, 3.63) is 29.3 Å². The van der Waals surface area contributed by atoms with Gasteiger partial charge in [-0.05, 0) is 62.8 Å². The Morgan fingerprint density at radius 1 is 1.18 bits per heavy atom. The summed E-state index contributed by atoms with van der Waals surface area (Å²) in [5.41, 5.74) is 3.38. The average molecular weight is 226 g/mol. The Balaban J connectivity index is 1.97. The van der Waals surface area contributed by atoms with Gasteiger partial charge in [-0.15, -0.1) is 0 Å². The molecular weight excluding hydrogens is 208 g/mol. The highest BCUT2D eigenvalue weighted by Gasteiger charge is 2.36. The number of fused-ring (bicyclic) bond motifs is 2. The fraction of sp³-hybridized carbons (Fsp3) is 0.533. The van der Waals surface area contributed by atoms with Crippen molar-refractivity contribution in [2.45, 2.75) is 51.1 Å². The third-order valence-electron chi connectivity index (χ3n) is 4.30. The number of benzene rings is 1. The maximum Gasteiger partial charge on any atom is 0.0991 e. The van der Waals surface area contributed by atoms with Gasteiger partial charge in [-0.2, -0.15) is 5.26 Å². The van der Waals surface area contributed by atoms with Crippen molar-refractivity contribution in [3.8, 4) is 6.07 Å². The van der Waals surface area contributed by atoms with Gasteiger partial charge in [0.1, 0.15) is 0 Å². The van der Waals surface area contributed by atoms with Gasteiger partial charge in [-0.3, -0.25) is 0 Å². The van der Waals surface area contributed by atoms with Crippen LogP contribution in [0.1, 0.15) is 43.2 Å². The van der Waals surface area contributed by atoms with E-state index in [0.29, 0.717) is 0 Å². The second kappa shape index (κ2) is 4.07. The highest BCUT2D eigenvalue weighted by Crippen LogP contribution is 2.40. The summed E-state index contributed by atoms with van der Waals surface area (Å²) in [5, 5.41) is 8.92. The zero-order valence-corrected chi connectivity index (χ0v) is 10.3. The first-order valence-corrected chi connectivity index (χ1v) is 6.58. The van der Waals surface area contributed by atoms with E-state index in [4.69, 9.17) is 5.26 Å². The minimum absolute atomic E-state index is 0.750. The molecule has 2 unspecified atom stereocenters. The quantitative estimate of drug-likeness (QED) is 0.734. The van der Waals surface area contributed by atoms with Gasteiger partial charge in [0.05, 0.1) is 11.6 Å². The van der Waals surface area contributed by atoms with Crippen LogP contribution >= 0.6 is 0 Å². The minimum Gasteiger partial charge on any atom is -0.365 e. The maximum atomic E-state index is 8.92. The summed E-state index contributed by atoms with van der Waals surface area (Å²) >= 11 is 0. The zero-order valence-electron chi connectivity index (χ0n) is 10.3. The average Bonchev–Trinajstić information content (AvgIpc) is 2.59. The first-order chi connectivity index (χ1) is 8.29. The monoisotopic (exact) mass is 226 g/mol. The van der Waals surface area contributed by atoms with Gasteiger partial charge in [0.15, 0.2) is 0 Å². The van der Waals surface area contributed by atoms with Gasteiger partial charge >= 0.3 is 0 Å². The summed E-state index contributed by atoms with van der Waals surface area (Å²) in [6.07, 6.45) is 6.78. The summed E-state index contributed by atoms with van der Waals surface area (Å²) in [7, 11) is 0. The predicted molar refractivity (Wildman–Crippen MR) is 69.0 cm³/mol. The molecule has 17 heavy (non-hydrogen) atoms. The Kier molecular flexibility index (Phi) is 2.55. The van der Waals surface area contributed by atoms with Crippen LogP contribution in [-0.4, -0.2) is 12.1 Å². The Morgan fingerprint density at radius 2 is 1.88 bits per heavy atom. The zero-order chi connectivity index (χ0) is 11.8. The fourth-order valence-electron chi connectivity index (χ4n) is 3.53. The molecule has 0 saturated carbocycles. The highest BCUT2D eigenvalue weighted by atomic mass is 15.2. The van der Waals surface area contributed by atoms with Crippen LogP contribution < -0.4 is 4.90 Å². The van der Waals surface area contributed by atoms with Crippen LogP contribution in [0.2, 0.25) is 0 Å². The standard InChI is InChI=1S/C15H18N2/c1-11-9-12(10-16)5-8-15(11)17-13-3-2-4-14(17)7-6-13/h5,8-9,13-14H,2-4,6-7H2,1H3. The van der Waals surface area contributed by atoms with Crippen LogP contribution in [0.25, 0.3) is 0 Å². The first kappa shape index (κ1) is 10.7. The minimum atomic E-state index is 0.750. The lowest BCUT2D eigenvalue weighted by molar-refractivity contribution is 0.467. The Hall–Kier alpha value is -1.49. The Bertz CT molecular complexity index is 456. The number of nitrogens with zero attached hydrogens (tertiary/aromatic N) is 2. The lowest BCUT2D eigenvalue weighted by Gasteiger charge is -2.37. The van der Waals surface area contributed by atoms with Crippen LogP contribution in [0.5, 0.6) is 0 Å². The van der Waals surface area contributed by atoms with E-state index in [9.17, 15) is 0 Å². The molecule has 3 rings (SSSR count). The van der Waals surface area contributed by atoms with E-state index in [1.54, 1.807) is 0 Å². The van der Waals surface area contributed by atoms with E-state index < -0.39 is 0 Å². The van der Waals surface area contributed by atoms with Gasteiger partial charge in [-0.1, -0.05) is 0 Å². The van der Waals surface area contributed by atoms with E-state index >= 15 is 0 Å². The Labute approximate surface area is 103 Å². The number of nitriles is 1. The van der Waals surface area contributed by atoms with Crippen molar-refractivity contribution in [2.24, 2.45) is 0 Å². The van der Waals surface area contributed by atoms with Crippen LogP contribution in [-0.2, 0) is 0 Å². The molecule has 2 atom stereocenters. The Morgan fingerprint density at radius 3 is 2.47 bits per heavy atom. The second-order valence-corrected chi connectivity index (χ2v) is 5.34. The van der Waals surface area contributed by atoms with Crippen LogP contribution in [0, 0.1) is 18.3 Å². The molecule has 0 aromatic heterocycles. The largest absolute Gasteiger partial charge is 0.365 e. The third-order valence-corrected chi connectivity index (χ3v) is 4.30. The SMILES string of the molecule is Cc1cc(C#N)ccc1N1C2CCCC1CC2. The molecule has 0 N–H and O–H groups in total. The molecule has 2 nitrogen and oxygen atoms in total. The molecule has 2 bridgehead atoms. The normalized spacial score (nSPS) is 26.9. The van der Waals surface area contributed by atoms with E-state index in [0.717, 1.165) is 17.6 Å². The number of hydrogen-bond donors (Lipinski definition) is 0. The van der Waals surface area contributed by atoms with Crippen molar-refractivity contribution in [3.63, 3.8) is 0 Å². The second-order valence-electron chi connectivity index (χ2n) is 5.34. The van der Waals surface area contributed by atoms with Crippen molar-refractivity contribution in [2.75, 3.05) is 4.90 Å². The van der Waals surface area contributed by atoms with Gasteiger partial charge in [0.25, 0.3) is 0 Å². The molecule has 2 saturated heterocycles. The van der Waals surface area contributed by atoms with Crippen molar-refractivity contribution in [1.82, 2.24) is 0 Å². The van der Waals surface area contributed by atoms with E-state index in [1.807, 2.05) is 12.1 Å². The van der Waals surface area contributed by atoms with Crippen LogP contribution in [0.4, 0.5) is 5.69 Å². The fourth-order valence-corrected chi connectivity index (χ4v) is 3.53. The summed E-state index contributed by atoms with van der Waals surface area (Å²) < 4.78 is 0. The molecular formula is C15H18N2. The third kappa shape index (κ3) is 1.70. The molecule has 0 spiro atoms. The summed E-state index contributed by atoms with van der Waals surface area (Å²) in [5.74, 6) is 0. The van der Waals surface area contributed by atoms with Crippen LogP contribution in [0.15, 0.2) is 18.2 Å². The molecule has 1 aromatic rings. The lowest BCUT2D eigenvalue weighted by Crippen LogP contribution is -2.40. The van der Waals surface area contributed by atoms with Crippen LogP contribution in [0.3, 0.4) is 0 Å². The van der Waals surface area contributed by atoms with Gasteiger partial charge < -0.3 is 4.90 Å². The molecule has 0 amide bonds. The van der Waals surface area contributed by atoms with Gasteiger partial charge in [0, 0.05) is 17.8 Å². The number of hydrogen-bond acceptors (Lipinski definition) is 2. The molecule has 0 radical (unpaired) electrons. The highest BCUT2D eigenvalue weighted by molar-refractivity contribution is 5.58. The lowest BCUT2D eigenvalue weighted by atomic mass is 10.00. The predicted octanol–water partition coefficient (Wildman–Crippen LogP) is 3.39. The first-order valence-electron chi connectivity index (χ1n) is 6.58. The summed E-state index contributed by atoms with van der Waals surface area (Å²) in [4.78, 5) is 2.62. The topological polar surface area (TPSA) is 27.0 Å². The molecule has 1 aromatic carbocycles. The van der Waals surface area contributed by atoms with Crippen molar-refractivity contribution < 1.29 is 0 Å². The van der Waals surface area contributed by atoms with Gasteiger partial charge in [-0.25, -0.2) is 0 Å². The molecule has 2 fully saturated rings. The molecule has 0 aliphatic carbocycles. The maximum absolute atomic E-state index is 8.92. The molecule has 2 heterocycles. The molecule has 88 valence electrons.